The van der Waals surface area contributed by atoms with Crippen LogP contribution in [0.1, 0.15) is 21.8 Å². The summed E-state index contributed by atoms with van der Waals surface area (Å²) in [5.41, 5.74) is 2.26. The Morgan fingerprint density at radius 1 is 0.938 bits per heavy atom. The molecule has 7 heteroatoms. The van der Waals surface area contributed by atoms with Gasteiger partial charge >= 0.3 is 0 Å². The number of hydrogen-bond donors (Lipinski definition) is 0. The van der Waals surface area contributed by atoms with E-state index < -0.39 is 0 Å². The maximum absolute atomic E-state index is 13.6. The Balaban J connectivity index is 1.88. The summed E-state index contributed by atoms with van der Waals surface area (Å²) in [6, 6.07) is 16.1. The molecule has 1 aromatic heterocycles. The lowest BCUT2D eigenvalue weighted by atomic mass is 10.00. The highest BCUT2D eigenvalue weighted by Gasteiger charge is 2.24. The van der Waals surface area contributed by atoms with Gasteiger partial charge in [-0.2, -0.15) is 0 Å². The molecule has 0 aliphatic carbocycles. The zero-order chi connectivity index (χ0) is 22.7. The van der Waals surface area contributed by atoms with Crippen molar-refractivity contribution in [1.82, 2.24) is 4.98 Å². The lowest BCUT2D eigenvalue weighted by molar-refractivity contribution is 0.105. The van der Waals surface area contributed by atoms with Crippen molar-refractivity contribution in [2.75, 3.05) is 21.3 Å². The van der Waals surface area contributed by atoms with Crippen LogP contribution in [0.25, 0.3) is 22.7 Å². The Morgan fingerprint density at radius 3 is 2.19 bits per heavy atom. The SMILES string of the molecule is COc1cc(C(=O)/C(=C/c2ccc(F)cc2)c2nc3ccccc3o2)cc(OC)c1OC. The van der Waals surface area contributed by atoms with Crippen LogP contribution in [-0.4, -0.2) is 32.1 Å². The first kappa shape index (κ1) is 21.1. The number of allylic oxidation sites excluding steroid dienone is 1. The number of oxazole rings is 1. The van der Waals surface area contributed by atoms with E-state index in [1.807, 2.05) is 12.1 Å². The van der Waals surface area contributed by atoms with E-state index in [1.165, 1.54) is 33.5 Å². The number of carbonyl (C=O) groups excluding carboxylic acids is 1. The molecule has 32 heavy (non-hydrogen) atoms. The lowest BCUT2D eigenvalue weighted by Crippen LogP contribution is -2.05. The summed E-state index contributed by atoms with van der Waals surface area (Å²) in [5.74, 6) is 0.455. The summed E-state index contributed by atoms with van der Waals surface area (Å²) >= 11 is 0. The van der Waals surface area contributed by atoms with Crippen LogP contribution in [-0.2, 0) is 0 Å². The zero-order valence-corrected chi connectivity index (χ0v) is 17.7. The van der Waals surface area contributed by atoms with Crippen molar-refractivity contribution in [3.8, 4) is 17.2 Å². The van der Waals surface area contributed by atoms with E-state index in [2.05, 4.69) is 4.98 Å². The Hall–Kier alpha value is -4.13. The molecule has 0 radical (unpaired) electrons. The fourth-order valence-electron chi connectivity index (χ4n) is 3.31. The highest BCUT2D eigenvalue weighted by Crippen LogP contribution is 2.39. The van der Waals surface area contributed by atoms with Crippen LogP contribution in [0.15, 0.2) is 65.1 Å². The molecule has 6 nitrogen and oxygen atoms in total. The molecule has 0 N–H and O–H groups in total. The molecular weight excluding hydrogens is 413 g/mol. The summed E-state index contributed by atoms with van der Waals surface area (Å²) in [7, 11) is 4.43. The molecular formula is C25H20FNO5. The van der Waals surface area contributed by atoms with Crippen molar-refractivity contribution in [3.05, 3.63) is 83.5 Å². The van der Waals surface area contributed by atoms with E-state index in [0.29, 0.717) is 33.9 Å². The van der Waals surface area contributed by atoms with E-state index in [1.54, 1.807) is 42.5 Å². The number of Topliss-reactive ketones (excluding diaryl/α,β-unsaturated/α-hetero) is 1. The van der Waals surface area contributed by atoms with Gasteiger partial charge in [0, 0.05) is 5.56 Å². The molecule has 4 rings (SSSR count). The smallest absolute Gasteiger partial charge is 0.231 e. The molecule has 0 saturated heterocycles. The molecule has 0 bridgehead atoms. The van der Waals surface area contributed by atoms with E-state index >= 15 is 0 Å². The number of nitrogens with zero attached hydrogens (tertiary/aromatic N) is 1. The second kappa shape index (κ2) is 8.93. The van der Waals surface area contributed by atoms with Gasteiger partial charge in [0.15, 0.2) is 22.9 Å². The second-order valence-corrected chi connectivity index (χ2v) is 6.84. The van der Waals surface area contributed by atoms with Gasteiger partial charge in [-0.1, -0.05) is 24.3 Å². The maximum atomic E-state index is 13.6. The highest BCUT2D eigenvalue weighted by molar-refractivity contribution is 6.31. The monoisotopic (exact) mass is 433 g/mol. The molecule has 0 spiro atoms. The number of benzene rings is 3. The maximum Gasteiger partial charge on any atom is 0.231 e. The van der Waals surface area contributed by atoms with Crippen LogP contribution >= 0.6 is 0 Å². The molecule has 0 aliphatic heterocycles. The number of fused-ring (bicyclic) bond motifs is 1. The number of halogens is 1. The molecule has 4 aromatic rings. The first-order valence-electron chi connectivity index (χ1n) is 9.72. The molecule has 1 heterocycles. The predicted molar refractivity (Wildman–Crippen MR) is 119 cm³/mol. The Bertz CT molecular complexity index is 1250. The van der Waals surface area contributed by atoms with Crippen LogP contribution in [0.2, 0.25) is 0 Å². The minimum absolute atomic E-state index is 0.147. The van der Waals surface area contributed by atoms with Crippen molar-refractivity contribution in [2.45, 2.75) is 0 Å². The second-order valence-electron chi connectivity index (χ2n) is 6.84. The molecule has 3 aromatic carbocycles. The quantitative estimate of drug-likeness (QED) is 0.286. The van der Waals surface area contributed by atoms with Gasteiger partial charge in [0.2, 0.25) is 11.6 Å². The lowest BCUT2D eigenvalue weighted by Gasteiger charge is -2.14. The molecule has 162 valence electrons. The topological polar surface area (TPSA) is 70.8 Å². The normalized spacial score (nSPS) is 11.4. The molecule has 0 amide bonds. The van der Waals surface area contributed by atoms with Crippen LogP contribution in [0.5, 0.6) is 17.2 Å². The summed E-state index contributed by atoms with van der Waals surface area (Å²) in [5, 5.41) is 0. The third kappa shape index (κ3) is 4.05. The summed E-state index contributed by atoms with van der Waals surface area (Å²) in [6.07, 6.45) is 1.61. The minimum Gasteiger partial charge on any atom is -0.493 e. The summed E-state index contributed by atoms with van der Waals surface area (Å²) < 4.78 is 35.4. The third-order valence-corrected chi connectivity index (χ3v) is 4.88. The molecule has 0 unspecified atom stereocenters. The average Bonchev–Trinajstić information content (AvgIpc) is 3.26. The molecule has 0 saturated carbocycles. The van der Waals surface area contributed by atoms with Gasteiger partial charge in [-0.15, -0.1) is 0 Å². The number of ketones is 1. The zero-order valence-electron chi connectivity index (χ0n) is 17.7. The van der Waals surface area contributed by atoms with Crippen LogP contribution in [0.3, 0.4) is 0 Å². The number of rotatable bonds is 7. The number of ether oxygens (including phenoxy) is 3. The molecule has 0 atom stereocenters. The standard InChI is InChI=1S/C25H20FNO5/c1-29-21-13-16(14-22(30-2)24(21)31-3)23(28)18(12-15-8-10-17(26)11-9-15)25-27-19-6-4-5-7-20(19)32-25/h4-14H,1-3H3/b18-12-. The number of carbonyl (C=O) groups is 1. The van der Waals surface area contributed by atoms with E-state index in [4.69, 9.17) is 18.6 Å². The number of para-hydroxylation sites is 2. The average molecular weight is 433 g/mol. The van der Waals surface area contributed by atoms with Gasteiger partial charge in [0.25, 0.3) is 0 Å². The number of aromatic nitrogens is 1. The van der Waals surface area contributed by atoms with E-state index in [-0.39, 0.29) is 28.6 Å². The fourth-order valence-corrected chi connectivity index (χ4v) is 3.31. The van der Waals surface area contributed by atoms with Crippen molar-refractivity contribution in [1.29, 1.82) is 0 Å². The molecule has 0 fully saturated rings. The van der Waals surface area contributed by atoms with Crippen LogP contribution in [0.4, 0.5) is 4.39 Å². The van der Waals surface area contributed by atoms with Gasteiger partial charge in [-0.25, -0.2) is 9.37 Å². The van der Waals surface area contributed by atoms with Crippen LogP contribution < -0.4 is 14.2 Å². The number of methoxy groups -OCH3 is 3. The van der Waals surface area contributed by atoms with E-state index in [9.17, 15) is 9.18 Å². The highest BCUT2D eigenvalue weighted by atomic mass is 19.1. The van der Waals surface area contributed by atoms with Crippen molar-refractivity contribution in [3.63, 3.8) is 0 Å². The van der Waals surface area contributed by atoms with Gasteiger partial charge in [-0.05, 0) is 48.0 Å². The van der Waals surface area contributed by atoms with Gasteiger partial charge in [-0.3, -0.25) is 4.79 Å². The van der Waals surface area contributed by atoms with E-state index in [0.717, 1.165) is 0 Å². The summed E-state index contributed by atoms with van der Waals surface area (Å²) in [6.45, 7) is 0. The molecule has 0 aliphatic rings. The van der Waals surface area contributed by atoms with Crippen molar-refractivity contribution in [2.24, 2.45) is 0 Å². The van der Waals surface area contributed by atoms with Crippen molar-refractivity contribution < 1.29 is 27.8 Å². The Kier molecular flexibility index (Phi) is 5.89. The van der Waals surface area contributed by atoms with Gasteiger partial charge < -0.3 is 18.6 Å². The van der Waals surface area contributed by atoms with Crippen LogP contribution in [0, 0.1) is 5.82 Å². The summed E-state index contributed by atoms with van der Waals surface area (Å²) in [4.78, 5) is 18.1. The Labute approximate surface area is 183 Å². The Morgan fingerprint density at radius 2 is 1.59 bits per heavy atom. The first-order chi connectivity index (χ1) is 15.5. The predicted octanol–water partition coefficient (Wildman–Crippen LogP) is 5.42. The number of hydrogen-bond acceptors (Lipinski definition) is 6. The first-order valence-corrected chi connectivity index (χ1v) is 9.72. The van der Waals surface area contributed by atoms with Crippen molar-refractivity contribution >= 4 is 28.5 Å². The largest absolute Gasteiger partial charge is 0.493 e. The van der Waals surface area contributed by atoms with Gasteiger partial charge in [0.05, 0.1) is 26.9 Å². The third-order valence-electron chi connectivity index (χ3n) is 4.88. The minimum atomic E-state index is -0.375. The fraction of sp³-hybridized carbons (Fsp3) is 0.120. The van der Waals surface area contributed by atoms with Gasteiger partial charge in [0.1, 0.15) is 11.3 Å².